The molecule has 1 fully saturated rings. The highest BCUT2D eigenvalue weighted by atomic mass is 32.2. The molecule has 164 valence electrons. The summed E-state index contributed by atoms with van der Waals surface area (Å²) in [5.74, 6) is 2.36. The van der Waals surface area contributed by atoms with Gasteiger partial charge in [-0.3, -0.25) is 4.90 Å². The van der Waals surface area contributed by atoms with Crippen LogP contribution in [-0.2, 0) is 16.6 Å². The molecule has 0 aliphatic carbocycles. The number of rotatable bonds is 5. The van der Waals surface area contributed by atoms with Crippen molar-refractivity contribution in [3.63, 3.8) is 0 Å². The minimum absolute atomic E-state index is 0.213. The normalized spacial score (nSPS) is 18.1. The fourth-order valence-electron chi connectivity index (χ4n) is 3.59. The molecule has 11 heteroatoms. The molecule has 0 saturated carbocycles. The summed E-state index contributed by atoms with van der Waals surface area (Å²) in [6.07, 6.45) is 2.31. The van der Waals surface area contributed by atoms with E-state index in [0.29, 0.717) is 75.0 Å². The van der Waals surface area contributed by atoms with Crippen molar-refractivity contribution in [2.75, 3.05) is 39.4 Å². The van der Waals surface area contributed by atoms with Gasteiger partial charge in [0.15, 0.2) is 17.3 Å². The molecule has 0 N–H and O–H groups in total. The first kappa shape index (κ1) is 20.0. The van der Waals surface area contributed by atoms with Gasteiger partial charge in [0.2, 0.25) is 15.9 Å². The summed E-state index contributed by atoms with van der Waals surface area (Å²) in [6, 6.07) is 8.29. The molecule has 3 aromatic rings. The molecular formula is C20H22N4O6S. The van der Waals surface area contributed by atoms with E-state index in [9.17, 15) is 8.42 Å². The van der Waals surface area contributed by atoms with Crippen LogP contribution in [0, 0.1) is 0 Å². The number of ether oxygens (including phenoxy) is 2. The lowest BCUT2D eigenvalue weighted by Crippen LogP contribution is -2.48. The Bertz CT molecular complexity index is 1140. The number of fused-ring (bicyclic) bond motifs is 1. The van der Waals surface area contributed by atoms with Crippen LogP contribution in [0.15, 0.2) is 50.3 Å². The number of benzene rings is 1. The van der Waals surface area contributed by atoms with Crippen LogP contribution < -0.4 is 9.47 Å². The Labute approximate surface area is 179 Å². The third-order valence-electron chi connectivity index (χ3n) is 5.25. The monoisotopic (exact) mass is 446 g/mol. The predicted octanol–water partition coefficient (Wildman–Crippen LogP) is 2.00. The number of hydrogen-bond acceptors (Lipinski definition) is 9. The maximum atomic E-state index is 13.1. The van der Waals surface area contributed by atoms with Crippen molar-refractivity contribution >= 4 is 10.0 Å². The van der Waals surface area contributed by atoms with Crippen LogP contribution in [0.2, 0.25) is 0 Å². The van der Waals surface area contributed by atoms with Gasteiger partial charge in [0.05, 0.1) is 30.9 Å². The Morgan fingerprint density at radius 2 is 1.77 bits per heavy atom. The average molecular weight is 446 g/mol. The van der Waals surface area contributed by atoms with Gasteiger partial charge in [-0.15, -0.1) is 10.2 Å². The predicted molar refractivity (Wildman–Crippen MR) is 108 cm³/mol. The maximum absolute atomic E-state index is 13.1. The summed E-state index contributed by atoms with van der Waals surface area (Å²) in [7, 11) is -3.62. The summed E-state index contributed by atoms with van der Waals surface area (Å²) in [6.45, 7) is 3.37. The highest BCUT2D eigenvalue weighted by molar-refractivity contribution is 7.89. The Kier molecular flexibility index (Phi) is 5.38. The van der Waals surface area contributed by atoms with Crippen molar-refractivity contribution < 1.29 is 26.7 Å². The largest absolute Gasteiger partial charge is 0.490 e. The van der Waals surface area contributed by atoms with Crippen LogP contribution >= 0.6 is 0 Å². The number of furan rings is 1. The second kappa shape index (κ2) is 8.33. The lowest BCUT2D eigenvalue weighted by molar-refractivity contribution is 0.168. The number of hydrogen-bond donors (Lipinski definition) is 0. The van der Waals surface area contributed by atoms with Gasteiger partial charge in [-0.05, 0) is 24.3 Å². The standard InChI is InChI=1S/C20H22N4O6S/c25-31(26,15-4-5-16-18(13-15)29-12-2-11-27-16)24-8-6-23(7-9-24)14-19-21-22-20(30-19)17-3-1-10-28-17/h1,3-5,10,13H,2,6-9,11-12,14H2. The zero-order valence-corrected chi connectivity index (χ0v) is 17.6. The van der Waals surface area contributed by atoms with Crippen molar-refractivity contribution in [1.82, 2.24) is 19.4 Å². The molecule has 0 spiro atoms. The molecule has 0 bridgehead atoms. The van der Waals surface area contributed by atoms with Crippen molar-refractivity contribution in [3.8, 4) is 23.1 Å². The zero-order chi connectivity index (χ0) is 21.3. The molecule has 0 radical (unpaired) electrons. The Morgan fingerprint density at radius 3 is 2.55 bits per heavy atom. The first-order chi connectivity index (χ1) is 15.1. The lowest BCUT2D eigenvalue weighted by atomic mass is 10.3. The molecule has 4 heterocycles. The Balaban J connectivity index is 1.22. The van der Waals surface area contributed by atoms with Gasteiger partial charge in [-0.2, -0.15) is 4.31 Å². The highest BCUT2D eigenvalue weighted by Crippen LogP contribution is 2.33. The van der Waals surface area contributed by atoms with Crippen LogP contribution in [0.3, 0.4) is 0 Å². The van der Waals surface area contributed by atoms with Crippen LogP contribution in [0.5, 0.6) is 11.5 Å². The fraction of sp³-hybridized carbons (Fsp3) is 0.400. The summed E-state index contributed by atoms with van der Waals surface area (Å²) in [5, 5.41) is 8.05. The Morgan fingerprint density at radius 1 is 0.968 bits per heavy atom. The van der Waals surface area contributed by atoms with Gasteiger partial charge in [-0.25, -0.2) is 8.42 Å². The molecule has 31 heavy (non-hydrogen) atoms. The van der Waals surface area contributed by atoms with Crippen molar-refractivity contribution in [3.05, 3.63) is 42.5 Å². The molecule has 0 unspecified atom stereocenters. The van der Waals surface area contributed by atoms with Crippen LogP contribution in [0.25, 0.3) is 11.7 Å². The number of aromatic nitrogens is 2. The third-order valence-corrected chi connectivity index (χ3v) is 7.14. The second-order valence-electron chi connectivity index (χ2n) is 7.32. The van der Waals surface area contributed by atoms with E-state index in [4.69, 9.17) is 18.3 Å². The van der Waals surface area contributed by atoms with Gasteiger partial charge in [0, 0.05) is 38.7 Å². The van der Waals surface area contributed by atoms with Crippen LogP contribution in [-0.4, -0.2) is 67.2 Å². The molecule has 1 aromatic carbocycles. The van der Waals surface area contributed by atoms with Crippen molar-refractivity contribution in [2.24, 2.45) is 0 Å². The van der Waals surface area contributed by atoms with E-state index in [1.54, 1.807) is 36.6 Å². The number of sulfonamides is 1. The van der Waals surface area contributed by atoms with E-state index in [1.807, 2.05) is 0 Å². The van der Waals surface area contributed by atoms with Gasteiger partial charge in [0.1, 0.15) is 0 Å². The second-order valence-corrected chi connectivity index (χ2v) is 9.26. The topological polar surface area (TPSA) is 111 Å². The molecule has 1 saturated heterocycles. The fourth-order valence-corrected chi connectivity index (χ4v) is 5.03. The first-order valence-corrected chi connectivity index (χ1v) is 11.5. The van der Waals surface area contributed by atoms with Crippen LogP contribution in [0.4, 0.5) is 0 Å². The van der Waals surface area contributed by atoms with Crippen molar-refractivity contribution in [1.29, 1.82) is 0 Å². The molecule has 10 nitrogen and oxygen atoms in total. The van der Waals surface area contributed by atoms with E-state index in [0.717, 1.165) is 6.42 Å². The van der Waals surface area contributed by atoms with Gasteiger partial charge >= 0.3 is 0 Å². The molecule has 0 amide bonds. The summed E-state index contributed by atoms with van der Waals surface area (Å²) in [5.41, 5.74) is 0. The molecular weight excluding hydrogens is 424 g/mol. The van der Waals surface area contributed by atoms with E-state index in [1.165, 1.54) is 4.31 Å². The zero-order valence-electron chi connectivity index (χ0n) is 16.8. The summed E-state index contributed by atoms with van der Waals surface area (Å²) < 4.78 is 49.9. The SMILES string of the molecule is O=S(=O)(c1ccc2c(c1)OCCCO2)N1CCN(Cc2nnc(-c3ccco3)o2)CC1. The molecule has 2 aliphatic heterocycles. The minimum Gasteiger partial charge on any atom is -0.490 e. The summed E-state index contributed by atoms with van der Waals surface area (Å²) >= 11 is 0. The summed E-state index contributed by atoms with van der Waals surface area (Å²) in [4.78, 5) is 2.30. The quantitative estimate of drug-likeness (QED) is 0.581. The highest BCUT2D eigenvalue weighted by Gasteiger charge is 2.30. The van der Waals surface area contributed by atoms with Crippen molar-refractivity contribution in [2.45, 2.75) is 17.9 Å². The molecule has 5 rings (SSSR count). The van der Waals surface area contributed by atoms with E-state index in [2.05, 4.69) is 15.1 Å². The van der Waals surface area contributed by atoms with Gasteiger partial charge in [0.25, 0.3) is 5.89 Å². The lowest BCUT2D eigenvalue weighted by Gasteiger charge is -2.33. The molecule has 2 aromatic heterocycles. The minimum atomic E-state index is -3.62. The van der Waals surface area contributed by atoms with E-state index < -0.39 is 10.0 Å². The smallest absolute Gasteiger partial charge is 0.283 e. The van der Waals surface area contributed by atoms with E-state index in [-0.39, 0.29) is 4.90 Å². The first-order valence-electron chi connectivity index (χ1n) is 10.1. The van der Waals surface area contributed by atoms with Gasteiger partial charge < -0.3 is 18.3 Å². The Hall–Kier alpha value is -2.89. The maximum Gasteiger partial charge on any atom is 0.283 e. The number of nitrogens with zero attached hydrogens (tertiary/aromatic N) is 4. The molecule has 0 atom stereocenters. The molecule has 2 aliphatic rings. The van der Waals surface area contributed by atoms with E-state index >= 15 is 0 Å². The average Bonchev–Trinajstić information content (AvgIpc) is 3.41. The number of piperazine rings is 1. The third kappa shape index (κ3) is 4.16. The van der Waals surface area contributed by atoms with Crippen LogP contribution in [0.1, 0.15) is 12.3 Å². The van der Waals surface area contributed by atoms with Gasteiger partial charge in [-0.1, -0.05) is 0 Å².